The van der Waals surface area contributed by atoms with E-state index in [1.807, 2.05) is 0 Å². The summed E-state index contributed by atoms with van der Waals surface area (Å²) in [6.45, 7) is 2.43. The molecule has 2 aliphatic heterocycles. The number of carbonyl (C=O) groups is 1. The molecule has 4 heterocycles. The van der Waals surface area contributed by atoms with E-state index < -0.39 is 23.8 Å². The Hall–Kier alpha value is -2.92. The minimum atomic E-state index is -4.52. The van der Waals surface area contributed by atoms with Gasteiger partial charge < -0.3 is 9.80 Å². The monoisotopic (exact) mass is 501 g/mol. The van der Waals surface area contributed by atoms with Crippen molar-refractivity contribution in [1.29, 1.82) is 0 Å². The fourth-order valence-electron chi connectivity index (χ4n) is 4.58. The van der Waals surface area contributed by atoms with E-state index in [4.69, 9.17) is 0 Å². The van der Waals surface area contributed by atoms with E-state index in [9.17, 15) is 31.1 Å². The quantitative estimate of drug-likeness (QED) is 0.574. The first-order chi connectivity index (χ1) is 16.4. The van der Waals surface area contributed by atoms with E-state index >= 15 is 0 Å². The molecule has 1 amide bonds. The minimum absolute atomic E-state index is 0.0186. The SMILES string of the molecule is CC(=O)N1CCC(c2cc(Cc3cc(C(F)(F)F)ccn3)nc(N3CCC(C(F)(F)F)C3)n2)CC1. The van der Waals surface area contributed by atoms with Crippen molar-refractivity contribution in [1.82, 2.24) is 19.9 Å². The van der Waals surface area contributed by atoms with Crippen molar-refractivity contribution in [2.24, 2.45) is 5.92 Å². The number of aromatic nitrogens is 3. The number of rotatable bonds is 4. The van der Waals surface area contributed by atoms with Gasteiger partial charge in [-0.25, -0.2) is 9.97 Å². The molecule has 12 heteroatoms. The van der Waals surface area contributed by atoms with Crippen molar-refractivity contribution >= 4 is 11.9 Å². The summed E-state index contributed by atoms with van der Waals surface area (Å²) in [5.74, 6) is -1.41. The van der Waals surface area contributed by atoms with Crippen molar-refractivity contribution in [2.45, 2.75) is 50.9 Å². The number of amides is 1. The molecule has 0 radical (unpaired) electrons. The smallest absolute Gasteiger partial charge is 0.343 e. The van der Waals surface area contributed by atoms with Crippen LogP contribution in [0.4, 0.5) is 32.3 Å². The van der Waals surface area contributed by atoms with Crippen LogP contribution in [0.5, 0.6) is 0 Å². The van der Waals surface area contributed by atoms with E-state index in [0.29, 0.717) is 37.3 Å². The summed E-state index contributed by atoms with van der Waals surface area (Å²) >= 11 is 0. The average Bonchev–Trinajstić information content (AvgIpc) is 3.30. The average molecular weight is 501 g/mol. The first-order valence-corrected chi connectivity index (χ1v) is 11.4. The number of halogens is 6. The third-order valence-electron chi connectivity index (χ3n) is 6.59. The highest BCUT2D eigenvalue weighted by Gasteiger charge is 2.44. The zero-order chi connectivity index (χ0) is 25.4. The number of nitrogens with zero attached hydrogens (tertiary/aromatic N) is 5. The third-order valence-corrected chi connectivity index (χ3v) is 6.59. The second-order valence-corrected chi connectivity index (χ2v) is 9.05. The molecule has 2 aromatic heterocycles. The predicted molar refractivity (Wildman–Crippen MR) is 115 cm³/mol. The molecule has 2 fully saturated rings. The number of anilines is 1. The van der Waals surface area contributed by atoms with Crippen LogP contribution < -0.4 is 4.90 Å². The van der Waals surface area contributed by atoms with Crippen molar-refractivity contribution < 1.29 is 31.1 Å². The number of hydrogen-bond donors (Lipinski definition) is 0. The lowest BCUT2D eigenvalue weighted by Gasteiger charge is -2.31. The first kappa shape index (κ1) is 25.2. The molecule has 35 heavy (non-hydrogen) atoms. The van der Waals surface area contributed by atoms with Gasteiger partial charge in [-0.05, 0) is 37.5 Å². The Kier molecular flexibility index (Phi) is 6.92. The lowest BCUT2D eigenvalue weighted by Crippen LogP contribution is -2.36. The van der Waals surface area contributed by atoms with Crippen LogP contribution in [0.1, 0.15) is 54.7 Å². The molecule has 0 bridgehead atoms. The summed E-state index contributed by atoms with van der Waals surface area (Å²) in [5.41, 5.74) is 0.328. The van der Waals surface area contributed by atoms with Gasteiger partial charge in [-0.15, -0.1) is 0 Å². The lowest BCUT2D eigenvalue weighted by atomic mass is 9.92. The number of piperidine rings is 1. The Bertz CT molecular complexity index is 1070. The molecule has 6 nitrogen and oxygen atoms in total. The van der Waals surface area contributed by atoms with E-state index in [-0.39, 0.29) is 49.4 Å². The number of carbonyl (C=O) groups excluding carboxylic acids is 1. The van der Waals surface area contributed by atoms with Gasteiger partial charge in [0.05, 0.1) is 17.2 Å². The van der Waals surface area contributed by atoms with Crippen LogP contribution in [0.2, 0.25) is 0 Å². The van der Waals surface area contributed by atoms with Gasteiger partial charge in [-0.1, -0.05) is 0 Å². The molecule has 0 aromatic carbocycles. The Labute approximate surface area is 198 Å². The van der Waals surface area contributed by atoms with Crippen molar-refractivity contribution in [3.05, 3.63) is 47.0 Å². The number of hydrogen-bond acceptors (Lipinski definition) is 5. The normalized spacial score (nSPS) is 19.9. The summed E-state index contributed by atoms with van der Waals surface area (Å²) < 4.78 is 79.0. The maximum Gasteiger partial charge on any atom is 0.416 e. The first-order valence-electron chi connectivity index (χ1n) is 11.4. The van der Waals surface area contributed by atoms with Gasteiger partial charge in [0.1, 0.15) is 0 Å². The number of alkyl halides is 6. The highest BCUT2D eigenvalue weighted by molar-refractivity contribution is 5.73. The molecule has 0 saturated carbocycles. The van der Waals surface area contributed by atoms with E-state index in [0.717, 1.165) is 18.3 Å². The van der Waals surface area contributed by atoms with Gasteiger partial charge in [0, 0.05) is 63.0 Å². The highest BCUT2D eigenvalue weighted by Crippen LogP contribution is 2.36. The largest absolute Gasteiger partial charge is 0.416 e. The van der Waals surface area contributed by atoms with E-state index in [1.54, 1.807) is 11.0 Å². The Morgan fingerprint density at radius 2 is 1.71 bits per heavy atom. The fourth-order valence-corrected chi connectivity index (χ4v) is 4.58. The standard InChI is InChI=1S/C23H25F6N5O/c1-14(35)33-7-3-15(4-8-33)20-12-19(11-18-10-16(2-6-30-18)22(24,25)26)31-21(32-20)34-9-5-17(13-34)23(27,28)29/h2,6,10,12,15,17H,3-5,7-9,11,13H2,1H3. The lowest BCUT2D eigenvalue weighted by molar-refractivity contribution is -0.168. The van der Waals surface area contributed by atoms with Crippen LogP contribution in [-0.2, 0) is 17.4 Å². The zero-order valence-corrected chi connectivity index (χ0v) is 19.0. The molecule has 0 N–H and O–H groups in total. The number of likely N-dealkylation sites (tertiary alicyclic amines) is 1. The topological polar surface area (TPSA) is 62.2 Å². The van der Waals surface area contributed by atoms with Gasteiger partial charge in [-0.3, -0.25) is 9.78 Å². The Morgan fingerprint density at radius 1 is 1.00 bits per heavy atom. The van der Waals surface area contributed by atoms with Crippen molar-refractivity contribution in [2.75, 3.05) is 31.1 Å². The van der Waals surface area contributed by atoms with E-state index in [1.165, 1.54) is 11.8 Å². The summed E-state index contributed by atoms with van der Waals surface area (Å²) in [4.78, 5) is 27.9. The van der Waals surface area contributed by atoms with Gasteiger partial charge in [0.25, 0.3) is 0 Å². The van der Waals surface area contributed by atoms with Gasteiger partial charge in [-0.2, -0.15) is 26.3 Å². The van der Waals surface area contributed by atoms with Crippen LogP contribution >= 0.6 is 0 Å². The maximum absolute atomic E-state index is 13.2. The van der Waals surface area contributed by atoms with Crippen molar-refractivity contribution in [3.8, 4) is 0 Å². The van der Waals surface area contributed by atoms with Gasteiger partial charge in [0.15, 0.2) is 0 Å². The second-order valence-electron chi connectivity index (χ2n) is 9.05. The molecule has 1 unspecified atom stereocenters. The molecule has 0 aliphatic carbocycles. The Morgan fingerprint density at radius 3 is 2.31 bits per heavy atom. The van der Waals surface area contributed by atoms with Crippen LogP contribution in [0.25, 0.3) is 0 Å². The number of pyridine rings is 1. The van der Waals surface area contributed by atoms with Crippen LogP contribution in [-0.4, -0.2) is 58.1 Å². The van der Waals surface area contributed by atoms with Crippen LogP contribution in [0.3, 0.4) is 0 Å². The van der Waals surface area contributed by atoms with Gasteiger partial charge in [0.2, 0.25) is 11.9 Å². The molecule has 190 valence electrons. The van der Waals surface area contributed by atoms with Gasteiger partial charge >= 0.3 is 12.4 Å². The summed E-state index contributed by atoms with van der Waals surface area (Å²) in [6.07, 6.45) is -6.60. The summed E-state index contributed by atoms with van der Waals surface area (Å²) in [5, 5.41) is 0. The molecule has 1 atom stereocenters. The summed E-state index contributed by atoms with van der Waals surface area (Å²) in [7, 11) is 0. The molecular weight excluding hydrogens is 476 g/mol. The fraction of sp³-hybridized carbons (Fsp3) is 0.565. The van der Waals surface area contributed by atoms with E-state index in [2.05, 4.69) is 15.0 Å². The molecule has 4 rings (SSSR count). The predicted octanol–water partition coefficient (Wildman–Crippen LogP) is 4.60. The van der Waals surface area contributed by atoms with Crippen LogP contribution in [0, 0.1) is 5.92 Å². The zero-order valence-electron chi connectivity index (χ0n) is 19.0. The molecule has 0 spiro atoms. The third kappa shape index (κ3) is 6.02. The molecule has 2 saturated heterocycles. The highest BCUT2D eigenvalue weighted by atomic mass is 19.4. The van der Waals surface area contributed by atoms with Crippen molar-refractivity contribution in [3.63, 3.8) is 0 Å². The molecule has 2 aliphatic rings. The second kappa shape index (κ2) is 9.62. The molecular formula is C23H25F6N5O. The Balaban J connectivity index is 1.63. The maximum atomic E-state index is 13.2. The summed E-state index contributed by atoms with van der Waals surface area (Å²) in [6, 6.07) is 3.52. The molecule has 2 aromatic rings. The van der Waals surface area contributed by atoms with Crippen LogP contribution in [0.15, 0.2) is 24.4 Å². The minimum Gasteiger partial charge on any atom is -0.343 e.